The van der Waals surface area contributed by atoms with Crippen molar-refractivity contribution in [3.63, 3.8) is 0 Å². The van der Waals surface area contributed by atoms with E-state index in [1.54, 1.807) is 18.0 Å². The summed E-state index contributed by atoms with van der Waals surface area (Å²) in [6, 6.07) is 6.26. The van der Waals surface area contributed by atoms with Crippen LogP contribution in [0.2, 0.25) is 0 Å². The van der Waals surface area contributed by atoms with E-state index in [0.29, 0.717) is 12.8 Å². The molecule has 1 aromatic carbocycles. The van der Waals surface area contributed by atoms with Crippen molar-refractivity contribution in [2.24, 2.45) is 5.92 Å². The highest BCUT2D eigenvalue weighted by Crippen LogP contribution is 2.37. The minimum absolute atomic E-state index is 0.110. The van der Waals surface area contributed by atoms with Crippen molar-refractivity contribution in [3.8, 4) is 0 Å². The predicted molar refractivity (Wildman–Crippen MR) is 114 cm³/mol. The van der Waals surface area contributed by atoms with E-state index in [4.69, 9.17) is 4.42 Å². The van der Waals surface area contributed by atoms with Crippen LogP contribution in [-0.2, 0) is 22.4 Å². The van der Waals surface area contributed by atoms with Gasteiger partial charge in [-0.1, -0.05) is 31.5 Å². The maximum Gasteiger partial charge on any atom is 0.148 e. The molecule has 3 nitrogen and oxygen atoms in total. The van der Waals surface area contributed by atoms with Crippen LogP contribution in [0.25, 0.3) is 0 Å². The number of thioether (sulfide) groups is 1. The molecule has 0 N–H and O–H groups in total. The summed E-state index contributed by atoms with van der Waals surface area (Å²) >= 11 is 1.74. The number of carbonyl (C=O) groups is 2. The Morgan fingerprint density at radius 3 is 2.14 bits per heavy atom. The maximum absolute atomic E-state index is 13.0. The molecule has 1 aliphatic carbocycles. The van der Waals surface area contributed by atoms with E-state index in [-0.39, 0.29) is 17.5 Å². The van der Waals surface area contributed by atoms with Gasteiger partial charge in [0.1, 0.15) is 23.2 Å². The first-order valence-electron chi connectivity index (χ1n) is 10.3. The van der Waals surface area contributed by atoms with Crippen LogP contribution in [0, 0.1) is 19.8 Å². The van der Waals surface area contributed by atoms with Crippen LogP contribution in [0.15, 0.2) is 33.8 Å². The zero-order chi connectivity index (χ0) is 20.3. The predicted octanol–water partition coefficient (Wildman–Crippen LogP) is 5.84. The molecule has 4 heteroatoms. The molecular weight excluding hydrogens is 368 g/mol. The Labute approximate surface area is 172 Å². The fraction of sp³-hybridized carbons (Fsp3) is 0.500. The molecule has 0 unspecified atom stereocenters. The molecule has 0 atom stereocenters. The molecule has 0 bridgehead atoms. The summed E-state index contributed by atoms with van der Waals surface area (Å²) in [5.41, 5.74) is 4.53. The molecule has 150 valence electrons. The topological polar surface area (TPSA) is 47.3 Å². The SMILES string of the molecule is CCc1cc(C)cc(CC)c1C1C(=O)CC(CCSc2ccoc2C)CC1=O. The number of hydrogen-bond donors (Lipinski definition) is 0. The van der Waals surface area contributed by atoms with E-state index >= 15 is 0 Å². The highest BCUT2D eigenvalue weighted by molar-refractivity contribution is 7.99. The largest absolute Gasteiger partial charge is 0.468 e. The summed E-state index contributed by atoms with van der Waals surface area (Å²) < 4.78 is 5.33. The molecule has 0 aliphatic heterocycles. The standard InChI is InChI=1S/C24H30O3S/c1-5-18-11-15(3)12-19(6-2)23(18)24-20(25)13-17(14-21(24)26)8-10-28-22-7-9-27-16(22)4/h7,9,11-12,17,24H,5-6,8,10,13-14H2,1-4H3. The second kappa shape index (κ2) is 9.13. The smallest absolute Gasteiger partial charge is 0.148 e. The molecule has 1 heterocycles. The number of rotatable bonds is 7. The minimum atomic E-state index is -0.550. The Morgan fingerprint density at radius 2 is 1.64 bits per heavy atom. The summed E-state index contributed by atoms with van der Waals surface area (Å²) in [4.78, 5) is 27.2. The van der Waals surface area contributed by atoms with Gasteiger partial charge in [0.2, 0.25) is 0 Å². The lowest BCUT2D eigenvalue weighted by Gasteiger charge is -2.29. The summed E-state index contributed by atoms with van der Waals surface area (Å²) in [5, 5.41) is 0. The third kappa shape index (κ3) is 4.43. The monoisotopic (exact) mass is 398 g/mol. The quantitative estimate of drug-likeness (QED) is 0.434. The van der Waals surface area contributed by atoms with Gasteiger partial charge in [-0.15, -0.1) is 11.8 Å². The number of carbonyl (C=O) groups excluding carboxylic acids is 2. The molecule has 0 amide bonds. The van der Waals surface area contributed by atoms with Crippen molar-refractivity contribution in [1.29, 1.82) is 0 Å². The Bertz CT molecular complexity index is 821. The summed E-state index contributed by atoms with van der Waals surface area (Å²) in [7, 11) is 0. The Morgan fingerprint density at radius 1 is 1.04 bits per heavy atom. The highest BCUT2D eigenvalue weighted by Gasteiger charge is 2.38. The molecular formula is C24H30O3S. The minimum Gasteiger partial charge on any atom is -0.468 e. The van der Waals surface area contributed by atoms with Crippen LogP contribution < -0.4 is 0 Å². The number of Topliss-reactive ketones (excluding diaryl/α,β-unsaturated/α-hetero) is 2. The normalized spacial score (nSPS) is 20.0. The average molecular weight is 399 g/mol. The fourth-order valence-corrected chi connectivity index (χ4v) is 5.42. The second-order valence-corrected chi connectivity index (χ2v) is 8.96. The molecule has 3 rings (SSSR count). The molecule has 0 saturated heterocycles. The van der Waals surface area contributed by atoms with Crippen molar-refractivity contribution in [2.45, 2.75) is 70.6 Å². The molecule has 28 heavy (non-hydrogen) atoms. The molecule has 1 aliphatic rings. The second-order valence-electron chi connectivity index (χ2n) is 7.82. The number of furan rings is 1. The average Bonchev–Trinajstić information content (AvgIpc) is 3.06. The molecule has 0 radical (unpaired) electrons. The van der Waals surface area contributed by atoms with Crippen LogP contribution >= 0.6 is 11.8 Å². The molecule has 1 saturated carbocycles. The van der Waals surface area contributed by atoms with E-state index < -0.39 is 5.92 Å². The van der Waals surface area contributed by atoms with Crippen LogP contribution in [0.3, 0.4) is 0 Å². The van der Waals surface area contributed by atoms with Gasteiger partial charge in [0, 0.05) is 17.7 Å². The van der Waals surface area contributed by atoms with Crippen molar-refractivity contribution in [2.75, 3.05) is 5.75 Å². The lowest BCUT2D eigenvalue weighted by atomic mass is 9.73. The maximum atomic E-state index is 13.0. The first-order valence-corrected chi connectivity index (χ1v) is 11.3. The van der Waals surface area contributed by atoms with Crippen LogP contribution in [0.4, 0.5) is 0 Å². The summed E-state index contributed by atoms with van der Waals surface area (Å²) in [5.74, 6) is 1.67. The molecule has 1 fully saturated rings. The zero-order valence-electron chi connectivity index (χ0n) is 17.3. The summed E-state index contributed by atoms with van der Waals surface area (Å²) in [6.45, 7) is 8.25. The van der Waals surface area contributed by atoms with E-state index in [1.165, 1.54) is 5.56 Å². The van der Waals surface area contributed by atoms with Crippen LogP contribution in [-0.4, -0.2) is 17.3 Å². The van der Waals surface area contributed by atoms with Gasteiger partial charge in [0.15, 0.2) is 0 Å². The van der Waals surface area contributed by atoms with E-state index in [1.807, 2.05) is 13.0 Å². The van der Waals surface area contributed by atoms with Gasteiger partial charge in [0.05, 0.1) is 6.26 Å². The third-order valence-corrected chi connectivity index (χ3v) is 6.94. The number of ketones is 2. The van der Waals surface area contributed by atoms with Crippen molar-refractivity contribution in [1.82, 2.24) is 0 Å². The van der Waals surface area contributed by atoms with Crippen LogP contribution in [0.5, 0.6) is 0 Å². The molecule has 0 spiro atoms. The van der Waals surface area contributed by atoms with Gasteiger partial charge in [-0.3, -0.25) is 9.59 Å². The van der Waals surface area contributed by atoms with Gasteiger partial charge in [-0.25, -0.2) is 0 Å². The lowest BCUT2D eigenvalue weighted by molar-refractivity contribution is -0.133. The van der Waals surface area contributed by atoms with Gasteiger partial charge < -0.3 is 4.42 Å². The van der Waals surface area contributed by atoms with Crippen molar-refractivity contribution < 1.29 is 14.0 Å². The first-order chi connectivity index (χ1) is 13.4. The molecule has 1 aromatic heterocycles. The van der Waals surface area contributed by atoms with Gasteiger partial charge in [-0.2, -0.15) is 0 Å². The lowest BCUT2D eigenvalue weighted by Crippen LogP contribution is -2.33. The Kier molecular flexibility index (Phi) is 6.82. The molecule has 2 aromatic rings. The van der Waals surface area contributed by atoms with Crippen molar-refractivity contribution >= 4 is 23.3 Å². The zero-order valence-corrected chi connectivity index (χ0v) is 18.2. The van der Waals surface area contributed by atoms with E-state index in [9.17, 15) is 9.59 Å². The van der Waals surface area contributed by atoms with Gasteiger partial charge >= 0.3 is 0 Å². The van der Waals surface area contributed by atoms with Gasteiger partial charge in [0.25, 0.3) is 0 Å². The van der Waals surface area contributed by atoms with Crippen LogP contribution in [0.1, 0.15) is 67.0 Å². The van der Waals surface area contributed by atoms with Crippen molar-refractivity contribution in [3.05, 3.63) is 52.5 Å². The third-order valence-electron chi connectivity index (χ3n) is 5.76. The Balaban J connectivity index is 1.71. The van der Waals surface area contributed by atoms with Gasteiger partial charge in [-0.05, 0) is 67.5 Å². The Hall–Kier alpha value is -1.81. The van der Waals surface area contributed by atoms with E-state index in [2.05, 4.69) is 32.9 Å². The van der Waals surface area contributed by atoms with E-state index in [0.717, 1.165) is 52.4 Å². The first kappa shape index (κ1) is 20.9. The number of hydrogen-bond acceptors (Lipinski definition) is 4. The fourth-order valence-electron chi connectivity index (χ4n) is 4.35. The summed E-state index contributed by atoms with van der Waals surface area (Å²) in [6.07, 6.45) is 5.32. The number of benzene rings is 1. The highest BCUT2D eigenvalue weighted by atomic mass is 32.2. The number of aryl methyl sites for hydroxylation is 4.